The Hall–Kier alpha value is -2.32. The van der Waals surface area contributed by atoms with Crippen molar-refractivity contribution in [1.82, 2.24) is 0 Å². The SMILES string of the molecule is N#Cc1c(NC(=O)c2ccccc2O)sc2c1CCCC2. The molecule has 5 heteroatoms. The van der Waals surface area contributed by atoms with Crippen LogP contribution in [0, 0.1) is 11.3 Å². The van der Waals surface area contributed by atoms with Crippen molar-refractivity contribution >= 4 is 22.2 Å². The van der Waals surface area contributed by atoms with Crippen molar-refractivity contribution < 1.29 is 9.90 Å². The average Bonchev–Trinajstić information content (AvgIpc) is 2.84. The van der Waals surface area contributed by atoms with Crippen molar-refractivity contribution in [2.24, 2.45) is 0 Å². The summed E-state index contributed by atoms with van der Waals surface area (Å²) in [5, 5.41) is 22.5. The summed E-state index contributed by atoms with van der Waals surface area (Å²) >= 11 is 1.48. The number of carbonyl (C=O) groups is 1. The van der Waals surface area contributed by atoms with Crippen LogP contribution in [0.5, 0.6) is 5.75 Å². The van der Waals surface area contributed by atoms with E-state index in [1.54, 1.807) is 18.2 Å². The number of nitrogens with zero attached hydrogens (tertiary/aromatic N) is 1. The molecule has 0 fully saturated rings. The second-order valence-electron chi connectivity index (χ2n) is 5.00. The highest BCUT2D eigenvalue weighted by atomic mass is 32.1. The first kappa shape index (κ1) is 13.7. The third-order valence-electron chi connectivity index (χ3n) is 3.66. The van der Waals surface area contributed by atoms with Gasteiger partial charge in [-0.05, 0) is 43.4 Å². The molecule has 2 aromatic rings. The summed E-state index contributed by atoms with van der Waals surface area (Å²) in [4.78, 5) is 13.4. The van der Waals surface area contributed by atoms with Gasteiger partial charge in [0.15, 0.2) is 0 Å². The van der Waals surface area contributed by atoms with E-state index in [2.05, 4.69) is 11.4 Å². The minimum atomic E-state index is -0.386. The fourth-order valence-corrected chi connectivity index (χ4v) is 3.84. The maximum atomic E-state index is 12.2. The van der Waals surface area contributed by atoms with Crippen LogP contribution in [-0.2, 0) is 12.8 Å². The smallest absolute Gasteiger partial charge is 0.260 e. The van der Waals surface area contributed by atoms with Crippen LogP contribution >= 0.6 is 11.3 Å². The van der Waals surface area contributed by atoms with Crippen LogP contribution in [0.25, 0.3) is 0 Å². The molecular formula is C16H14N2O2S. The summed E-state index contributed by atoms with van der Waals surface area (Å²) in [7, 11) is 0. The van der Waals surface area contributed by atoms with Crippen LogP contribution < -0.4 is 5.32 Å². The van der Waals surface area contributed by atoms with Crippen LogP contribution in [0.4, 0.5) is 5.00 Å². The first-order valence-electron chi connectivity index (χ1n) is 6.84. The van der Waals surface area contributed by atoms with Gasteiger partial charge >= 0.3 is 0 Å². The van der Waals surface area contributed by atoms with Gasteiger partial charge in [-0.25, -0.2) is 0 Å². The van der Waals surface area contributed by atoms with E-state index in [0.29, 0.717) is 10.6 Å². The maximum Gasteiger partial charge on any atom is 0.260 e. The molecule has 4 nitrogen and oxygen atoms in total. The fourth-order valence-electron chi connectivity index (χ4n) is 2.61. The number of amides is 1. The van der Waals surface area contributed by atoms with Crippen LogP contribution in [0.2, 0.25) is 0 Å². The zero-order chi connectivity index (χ0) is 14.8. The Labute approximate surface area is 126 Å². The Kier molecular flexibility index (Phi) is 3.63. The number of hydrogen-bond donors (Lipinski definition) is 2. The lowest BCUT2D eigenvalue weighted by atomic mass is 9.96. The molecule has 106 valence electrons. The van der Waals surface area contributed by atoms with E-state index in [1.807, 2.05) is 0 Å². The van der Waals surface area contributed by atoms with Crippen molar-refractivity contribution in [2.45, 2.75) is 25.7 Å². The van der Waals surface area contributed by atoms with E-state index >= 15 is 0 Å². The molecule has 2 N–H and O–H groups in total. The molecule has 1 aliphatic rings. The molecule has 3 rings (SSSR count). The number of phenolic OH excluding ortho intramolecular Hbond substituents is 1. The summed E-state index contributed by atoms with van der Waals surface area (Å²) in [6.45, 7) is 0. The predicted octanol–water partition coefficient (Wildman–Crippen LogP) is 3.46. The van der Waals surface area contributed by atoms with Gasteiger partial charge < -0.3 is 10.4 Å². The normalized spacial score (nSPS) is 13.3. The number of anilines is 1. The molecule has 0 unspecified atom stereocenters. The minimum Gasteiger partial charge on any atom is -0.507 e. The highest BCUT2D eigenvalue weighted by Gasteiger charge is 2.22. The number of nitriles is 1. The van der Waals surface area contributed by atoms with Gasteiger partial charge in [0.25, 0.3) is 5.91 Å². The highest BCUT2D eigenvalue weighted by molar-refractivity contribution is 7.16. The van der Waals surface area contributed by atoms with Gasteiger partial charge in [0.2, 0.25) is 0 Å². The Morgan fingerprint density at radius 3 is 2.81 bits per heavy atom. The van der Waals surface area contributed by atoms with Crippen molar-refractivity contribution in [3.63, 3.8) is 0 Å². The van der Waals surface area contributed by atoms with E-state index in [-0.39, 0.29) is 17.2 Å². The van der Waals surface area contributed by atoms with Crippen LogP contribution in [0.15, 0.2) is 24.3 Å². The molecule has 0 saturated carbocycles. The molecule has 0 saturated heterocycles. The van der Waals surface area contributed by atoms with Crippen LogP contribution in [0.3, 0.4) is 0 Å². The number of fused-ring (bicyclic) bond motifs is 1. The van der Waals surface area contributed by atoms with Gasteiger partial charge in [0.05, 0.1) is 11.1 Å². The second-order valence-corrected chi connectivity index (χ2v) is 6.10. The number of rotatable bonds is 2. The molecular weight excluding hydrogens is 284 g/mol. The first-order chi connectivity index (χ1) is 10.2. The molecule has 21 heavy (non-hydrogen) atoms. The molecule has 0 bridgehead atoms. The third kappa shape index (κ3) is 2.50. The third-order valence-corrected chi connectivity index (χ3v) is 4.87. The van der Waals surface area contributed by atoms with Crippen molar-refractivity contribution in [2.75, 3.05) is 5.32 Å². The number of nitrogens with one attached hydrogen (secondary N) is 1. The molecule has 0 spiro atoms. The van der Waals surface area contributed by atoms with Crippen LogP contribution in [-0.4, -0.2) is 11.0 Å². The lowest BCUT2D eigenvalue weighted by molar-refractivity contribution is 0.102. The van der Waals surface area contributed by atoms with E-state index in [4.69, 9.17) is 0 Å². The molecule has 1 aromatic heterocycles. The van der Waals surface area contributed by atoms with Gasteiger partial charge in [-0.15, -0.1) is 11.3 Å². The molecule has 1 aliphatic carbocycles. The van der Waals surface area contributed by atoms with E-state index in [1.165, 1.54) is 22.3 Å². The number of aromatic hydroxyl groups is 1. The van der Waals surface area contributed by atoms with Gasteiger partial charge in [-0.1, -0.05) is 12.1 Å². The lowest BCUT2D eigenvalue weighted by Gasteiger charge is -2.09. The van der Waals surface area contributed by atoms with Crippen molar-refractivity contribution in [3.05, 3.63) is 45.8 Å². The number of hydrogen-bond acceptors (Lipinski definition) is 4. The topological polar surface area (TPSA) is 73.1 Å². The number of para-hydroxylation sites is 1. The first-order valence-corrected chi connectivity index (χ1v) is 7.66. The zero-order valence-electron chi connectivity index (χ0n) is 11.3. The van der Waals surface area contributed by atoms with Gasteiger partial charge in [0.1, 0.15) is 16.8 Å². The maximum absolute atomic E-state index is 12.2. The minimum absolute atomic E-state index is 0.0603. The Morgan fingerprint density at radius 1 is 1.29 bits per heavy atom. The molecule has 0 radical (unpaired) electrons. The number of phenols is 1. The molecule has 1 heterocycles. The lowest BCUT2D eigenvalue weighted by Crippen LogP contribution is -2.12. The summed E-state index contributed by atoms with van der Waals surface area (Å²) in [6.07, 6.45) is 4.10. The monoisotopic (exact) mass is 298 g/mol. The number of thiophene rings is 1. The Balaban J connectivity index is 1.92. The van der Waals surface area contributed by atoms with Crippen molar-refractivity contribution in [1.29, 1.82) is 5.26 Å². The van der Waals surface area contributed by atoms with E-state index in [0.717, 1.165) is 31.2 Å². The van der Waals surface area contributed by atoms with Crippen molar-refractivity contribution in [3.8, 4) is 11.8 Å². The van der Waals surface area contributed by atoms with Gasteiger partial charge in [-0.3, -0.25) is 4.79 Å². The standard InChI is InChI=1S/C16H14N2O2S/c17-9-12-10-5-2-4-8-14(10)21-16(12)18-15(20)11-6-1-3-7-13(11)19/h1,3,6-7,19H,2,4-5,8H2,(H,18,20). The fraction of sp³-hybridized carbons (Fsp3) is 0.250. The quantitative estimate of drug-likeness (QED) is 0.891. The zero-order valence-corrected chi connectivity index (χ0v) is 12.2. The summed E-state index contributed by atoms with van der Waals surface area (Å²) in [5.41, 5.74) is 1.88. The number of aryl methyl sites for hydroxylation is 1. The number of benzene rings is 1. The molecule has 0 atom stereocenters. The van der Waals surface area contributed by atoms with E-state index in [9.17, 15) is 15.2 Å². The molecule has 1 amide bonds. The Bertz CT molecular complexity index is 743. The predicted molar refractivity (Wildman–Crippen MR) is 81.7 cm³/mol. The summed E-state index contributed by atoms with van der Waals surface area (Å²) in [5.74, 6) is -0.446. The average molecular weight is 298 g/mol. The summed E-state index contributed by atoms with van der Waals surface area (Å²) < 4.78 is 0. The number of carbonyl (C=O) groups excluding carboxylic acids is 1. The van der Waals surface area contributed by atoms with Crippen LogP contribution in [0.1, 0.15) is 39.2 Å². The molecule has 0 aliphatic heterocycles. The van der Waals surface area contributed by atoms with E-state index < -0.39 is 0 Å². The van der Waals surface area contributed by atoms with Gasteiger partial charge in [-0.2, -0.15) is 5.26 Å². The highest BCUT2D eigenvalue weighted by Crippen LogP contribution is 2.38. The second kappa shape index (κ2) is 5.58. The summed E-state index contributed by atoms with van der Waals surface area (Å²) in [6, 6.07) is 8.60. The van der Waals surface area contributed by atoms with Gasteiger partial charge in [0, 0.05) is 4.88 Å². The Morgan fingerprint density at radius 2 is 2.05 bits per heavy atom. The largest absolute Gasteiger partial charge is 0.507 e. The molecule has 1 aromatic carbocycles.